The molecular formula is C16H25N3O. The highest BCUT2D eigenvalue weighted by Crippen LogP contribution is 2.19. The van der Waals surface area contributed by atoms with E-state index in [0.717, 1.165) is 36.5 Å². The zero-order valence-corrected chi connectivity index (χ0v) is 12.3. The van der Waals surface area contributed by atoms with Crippen LogP contribution in [0.4, 0.5) is 0 Å². The predicted octanol–water partition coefficient (Wildman–Crippen LogP) is 3.18. The largest absolute Gasteiger partial charge is 0.490 e. The number of hydrogen-bond donors (Lipinski definition) is 1. The Hall–Kier alpha value is -1.55. The van der Waals surface area contributed by atoms with Gasteiger partial charge in [-0.15, -0.1) is 0 Å². The van der Waals surface area contributed by atoms with Crippen molar-refractivity contribution in [3.05, 3.63) is 30.2 Å². The van der Waals surface area contributed by atoms with Crippen molar-refractivity contribution >= 4 is 5.65 Å². The van der Waals surface area contributed by atoms with Crippen molar-refractivity contribution in [1.29, 1.82) is 0 Å². The lowest BCUT2D eigenvalue weighted by molar-refractivity contribution is 0.306. The fourth-order valence-corrected chi connectivity index (χ4v) is 2.31. The number of unbranched alkanes of at least 4 members (excludes halogenated alkanes) is 4. The van der Waals surface area contributed by atoms with Crippen LogP contribution < -0.4 is 10.5 Å². The number of rotatable bonds is 9. The molecule has 4 heteroatoms. The Morgan fingerprint density at radius 2 is 2.10 bits per heavy atom. The van der Waals surface area contributed by atoms with Crippen molar-refractivity contribution in [1.82, 2.24) is 9.38 Å². The minimum absolute atomic E-state index is 0.623. The van der Waals surface area contributed by atoms with E-state index in [1.165, 1.54) is 25.7 Å². The minimum Gasteiger partial charge on any atom is -0.490 e. The molecule has 0 amide bonds. The van der Waals surface area contributed by atoms with Gasteiger partial charge < -0.3 is 14.9 Å². The number of nitrogens with two attached hydrogens (primary N) is 1. The number of pyridine rings is 1. The summed E-state index contributed by atoms with van der Waals surface area (Å²) < 4.78 is 7.89. The molecule has 2 heterocycles. The van der Waals surface area contributed by atoms with Crippen LogP contribution in [-0.2, 0) is 6.42 Å². The van der Waals surface area contributed by atoms with Crippen molar-refractivity contribution in [2.75, 3.05) is 13.2 Å². The van der Waals surface area contributed by atoms with Crippen molar-refractivity contribution < 1.29 is 4.74 Å². The van der Waals surface area contributed by atoms with Gasteiger partial charge in [0.05, 0.1) is 12.3 Å². The molecule has 2 aromatic heterocycles. The second-order valence-electron chi connectivity index (χ2n) is 5.14. The molecule has 0 aliphatic rings. The average molecular weight is 275 g/mol. The maximum Gasteiger partial charge on any atom is 0.179 e. The Kier molecular flexibility index (Phi) is 5.87. The number of fused-ring (bicyclic) bond motifs is 1. The van der Waals surface area contributed by atoms with Crippen LogP contribution in [0.1, 0.15) is 44.7 Å². The van der Waals surface area contributed by atoms with Crippen LogP contribution >= 0.6 is 0 Å². The average Bonchev–Trinajstić information content (AvgIpc) is 2.86. The van der Waals surface area contributed by atoms with Gasteiger partial charge in [-0.1, -0.05) is 32.6 Å². The molecule has 0 aliphatic carbocycles. The van der Waals surface area contributed by atoms with Gasteiger partial charge in [0.25, 0.3) is 0 Å². The molecule has 2 N–H and O–H groups in total. The third kappa shape index (κ3) is 3.97. The Morgan fingerprint density at radius 1 is 1.25 bits per heavy atom. The highest BCUT2D eigenvalue weighted by molar-refractivity contribution is 5.54. The summed E-state index contributed by atoms with van der Waals surface area (Å²) in [7, 11) is 0. The second-order valence-corrected chi connectivity index (χ2v) is 5.14. The molecule has 2 rings (SSSR count). The van der Waals surface area contributed by atoms with E-state index in [4.69, 9.17) is 10.5 Å². The highest BCUT2D eigenvalue weighted by atomic mass is 16.5. The van der Waals surface area contributed by atoms with Crippen LogP contribution in [-0.4, -0.2) is 22.5 Å². The Morgan fingerprint density at radius 3 is 2.90 bits per heavy atom. The molecule has 0 saturated heterocycles. The minimum atomic E-state index is 0.623. The number of ether oxygens (including phenoxy) is 1. The van der Waals surface area contributed by atoms with Gasteiger partial charge in [0.15, 0.2) is 11.4 Å². The first kappa shape index (κ1) is 14.9. The number of aromatic nitrogens is 2. The van der Waals surface area contributed by atoms with Crippen molar-refractivity contribution in [2.24, 2.45) is 5.73 Å². The number of hydrogen-bond acceptors (Lipinski definition) is 3. The number of imidazole rings is 1. The third-order valence-corrected chi connectivity index (χ3v) is 3.40. The maximum atomic E-state index is 5.88. The lowest BCUT2D eigenvalue weighted by atomic mass is 10.2. The summed E-state index contributed by atoms with van der Waals surface area (Å²) >= 11 is 0. The van der Waals surface area contributed by atoms with Gasteiger partial charge >= 0.3 is 0 Å². The molecule has 0 atom stereocenters. The summed E-state index contributed by atoms with van der Waals surface area (Å²) in [6, 6.07) is 3.98. The molecule has 110 valence electrons. The van der Waals surface area contributed by atoms with Crippen molar-refractivity contribution in [3.8, 4) is 5.75 Å². The van der Waals surface area contributed by atoms with Crippen LogP contribution in [0.2, 0.25) is 0 Å². The van der Waals surface area contributed by atoms with E-state index >= 15 is 0 Å². The van der Waals surface area contributed by atoms with Crippen LogP contribution in [0, 0.1) is 0 Å². The molecule has 20 heavy (non-hydrogen) atoms. The molecule has 0 aliphatic heterocycles. The van der Waals surface area contributed by atoms with Crippen LogP contribution in [0.15, 0.2) is 24.5 Å². The van der Waals surface area contributed by atoms with Crippen LogP contribution in [0.5, 0.6) is 5.75 Å². The van der Waals surface area contributed by atoms with Gasteiger partial charge in [-0.25, -0.2) is 4.98 Å². The van der Waals surface area contributed by atoms with Gasteiger partial charge in [-0.2, -0.15) is 0 Å². The van der Waals surface area contributed by atoms with Gasteiger partial charge in [0, 0.05) is 18.8 Å². The molecule has 0 bridgehead atoms. The Labute approximate surface area is 121 Å². The van der Waals surface area contributed by atoms with Crippen molar-refractivity contribution in [3.63, 3.8) is 0 Å². The van der Waals surface area contributed by atoms with E-state index in [0.29, 0.717) is 6.54 Å². The maximum absolute atomic E-state index is 5.88. The van der Waals surface area contributed by atoms with Crippen LogP contribution in [0.25, 0.3) is 5.65 Å². The zero-order chi connectivity index (χ0) is 14.2. The summed E-state index contributed by atoms with van der Waals surface area (Å²) in [5.41, 5.74) is 7.49. The first-order valence-electron chi connectivity index (χ1n) is 7.64. The SMILES string of the molecule is CCCCCCCOc1cccn2cc(CCN)nc12. The normalized spacial score (nSPS) is 11.1. The highest BCUT2D eigenvalue weighted by Gasteiger charge is 2.06. The third-order valence-electron chi connectivity index (χ3n) is 3.40. The lowest BCUT2D eigenvalue weighted by Crippen LogP contribution is -2.02. The molecular weight excluding hydrogens is 250 g/mol. The summed E-state index contributed by atoms with van der Waals surface area (Å²) in [6.45, 7) is 3.62. The van der Waals surface area contributed by atoms with E-state index in [1.54, 1.807) is 0 Å². The quantitative estimate of drug-likeness (QED) is 0.715. The fraction of sp³-hybridized carbons (Fsp3) is 0.562. The van der Waals surface area contributed by atoms with Gasteiger partial charge in [-0.3, -0.25) is 0 Å². The van der Waals surface area contributed by atoms with Crippen LogP contribution in [0.3, 0.4) is 0 Å². The van der Waals surface area contributed by atoms with E-state index < -0.39 is 0 Å². The standard InChI is InChI=1S/C16H25N3O/c1-2-3-4-5-6-12-20-15-8-7-11-19-13-14(9-10-17)18-16(15)19/h7-8,11,13H,2-6,9-10,12,17H2,1H3. The summed E-state index contributed by atoms with van der Waals surface area (Å²) in [4.78, 5) is 4.59. The number of nitrogens with zero attached hydrogens (tertiary/aromatic N) is 2. The first-order valence-corrected chi connectivity index (χ1v) is 7.64. The second kappa shape index (κ2) is 7.90. The van der Waals surface area contributed by atoms with Gasteiger partial charge in [0.2, 0.25) is 0 Å². The topological polar surface area (TPSA) is 52.5 Å². The molecule has 4 nitrogen and oxygen atoms in total. The smallest absolute Gasteiger partial charge is 0.179 e. The fourth-order valence-electron chi connectivity index (χ4n) is 2.31. The zero-order valence-electron chi connectivity index (χ0n) is 12.3. The Bertz CT molecular complexity index is 521. The van der Waals surface area contributed by atoms with Gasteiger partial charge in [0.1, 0.15) is 0 Å². The lowest BCUT2D eigenvalue weighted by Gasteiger charge is -2.06. The Balaban J connectivity index is 1.92. The van der Waals surface area contributed by atoms with E-state index in [2.05, 4.69) is 11.9 Å². The molecule has 0 aromatic carbocycles. The van der Waals surface area contributed by atoms with Crippen molar-refractivity contribution in [2.45, 2.75) is 45.4 Å². The monoisotopic (exact) mass is 275 g/mol. The molecule has 0 spiro atoms. The molecule has 0 saturated carbocycles. The van der Waals surface area contributed by atoms with E-state index in [-0.39, 0.29) is 0 Å². The summed E-state index contributed by atoms with van der Waals surface area (Å²) in [5.74, 6) is 0.867. The molecule has 0 radical (unpaired) electrons. The first-order chi connectivity index (χ1) is 9.85. The predicted molar refractivity (Wildman–Crippen MR) is 82.2 cm³/mol. The summed E-state index contributed by atoms with van der Waals surface area (Å²) in [5, 5.41) is 0. The van der Waals surface area contributed by atoms with E-state index in [9.17, 15) is 0 Å². The van der Waals surface area contributed by atoms with Gasteiger partial charge in [-0.05, 0) is 25.1 Å². The molecule has 2 aromatic rings. The molecule has 0 fully saturated rings. The van der Waals surface area contributed by atoms with E-state index in [1.807, 2.05) is 28.9 Å². The molecule has 0 unspecified atom stereocenters. The summed E-state index contributed by atoms with van der Waals surface area (Å²) in [6.07, 6.45) is 11.1.